The minimum absolute atomic E-state index is 0.296. The van der Waals surface area contributed by atoms with Gasteiger partial charge in [-0.1, -0.05) is 42.5 Å². The van der Waals surface area contributed by atoms with Gasteiger partial charge in [-0.15, -0.1) is 0 Å². The average molecular weight is 510 g/mol. The second kappa shape index (κ2) is 12.4. The van der Waals surface area contributed by atoms with Gasteiger partial charge in [0.05, 0.1) is 18.8 Å². The van der Waals surface area contributed by atoms with Crippen molar-refractivity contribution in [3.8, 4) is 5.75 Å². The van der Waals surface area contributed by atoms with Gasteiger partial charge in [0.2, 0.25) is 0 Å². The number of hydrogen-bond acceptors (Lipinski definition) is 6. The highest BCUT2D eigenvalue weighted by atomic mass is 16.5. The molecule has 2 heterocycles. The standard InChI is InChI=1S/C31H31N3O4/c35-31(36)26-9-7-23(8-10-26)21-34-14-15-37-16-17-38-29-12-11-28(33-30-6-1-2-13-32-30)20-27(29)19-24-4-3-5-25(18-24)22-34/h1-13,18,20H,14-17,19,21-22H2,(H,32,33)(H,35,36). The van der Waals surface area contributed by atoms with Gasteiger partial charge in [0.15, 0.2) is 0 Å². The number of hydrogen-bond donors (Lipinski definition) is 2. The van der Waals surface area contributed by atoms with E-state index < -0.39 is 5.97 Å². The van der Waals surface area contributed by atoms with E-state index in [4.69, 9.17) is 9.47 Å². The molecule has 7 heteroatoms. The Morgan fingerprint density at radius 1 is 0.921 bits per heavy atom. The molecule has 2 bridgehead atoms. The molecule has 4 aromatic rings. The highest BCUT2D eigenvalue weighted by molar-refractivity contribution is 5.87. The third kappa shape index (κ3) is 6.97. The summed E-state index contributed by atoms with van der Waals surface area (Å²) >= 11 is 0. The SMILES string of the molecule is O=C(O)c1ccc(CN2CCOCCOc3ccc(Nc4ccccn4)cc3Cc3cccc(c3)C2)cc1. The second-order valence-electron chi connectivity index (χ2n) is 9.33. The number of carboxylic acids is 1. The van der Waals surface area contributed by atoms with E-state index >= 15 is 0 Å². The molecule has 1 aliphatic heterocycles. The van der Waals surface area contributed by atoms with Crippen molar-refractivity contribution in [3.63, 3.8) is 0 Å². The van der Waals surface area contributed by atoms with Crippen LogP contribution in [-0.4, -0.2) is 47.3 Å². The van der Waals surface area contributed by atoms with E-state index in [0.717, 1.165) is 47.9 Å². The molecule has 1 aliphatic rings. The summed E-state index contributed by atoms with van der Waals surface area (Å²) in [6.07, 6.45) is 2.50. The third-order valence-electron chi connectivity index (χ3n) is 6.43. The Bertz CT molecular complexity index is 1360. The van der Waals surface area contributed by atoms with Crippen molar-refractivity contribution < 1.29 is 19.4 Å². The fourth-order valence-electron chi connectivity index (χ4n) is 4.57. The Kier molecular flexibility index (Phi) is 8.28. The zero-order valence-corrected chi connectivity index (χ0v) is 21.2. The Hall–Kier alpha value is -4.20. The summed E-state index contributed by atoms with van der Waals surface area (Å²) in [5.41, 5.74) is 5.84. The number of pyridine rings is 1. The van der Waals surface area contributed by atoms with E-state index in [0.29, 0.717) is 31.9 Å². The lowest BCUT2D eigenvalue weighted by atomic mass is 10.0. The van der Waals surface area contributed by atoms with Crippen LogP contribution >= 0.6 is 0 Å². The molecule has 5 rings (SSSR count). The highest BCUT2D eigenvalue weighted by Gasteiger charge is 2.13. The van der Waals surface area contributed by atoms with Crippen molar-refractivity contribution >= 4 is 17.5 Å². The maximum atomic E-state index is 11.2. The molecule has 7 nitrogen and oxygen atoms in total. The number of carboxylic acid groups (broad SMARTS) is 1. The molecule has 0 unspecified atom stereocenters. The summed E-state index contributed by atoms with van der Waals surface area (Å²) in [4.78, 5) is 17.9. The first-order chi connectivity index (χ1) is 18.6. The minimum atomic E-state index is -0.913. The molecule has 0 spiro atoms. The van der Waals surface area contributed by atoms with Crippen LogP contribution in [0.25, 0.3) is 0 Å². The van der Waals surface area contributed by atoms with Crippen molar-refractivity contribution in [2.45, 2.75) is 19.5 Å². The summed E-state index contributed by atoms with van der Waals surface area (Å²) < 4.78 is 12.0. The normalized spacial score (nSPS) is 14.5. The number of nitrogens with zero attached hydrogens (tertiary/aromatic N) is 2. The lowest BCUT2D eigenvalue weighted by Gasteiger charge is -2.23. The van der Waals surface area contributed by atoms with E-state index in [1.54, 1.807) is 18.3 Å². The number of rotatable bonds is 5. The summed E-state index contributed by atoms with van der Waals surface area (Å²) in [6, 6.07) is 27.7. The first kappa shape index (κ1) is 25.4. The van der Waals surface area contributed by atoms with Crippen LogP contribution < -0.4 is 10.1 Å². The number of nitrogens with one attached hydrogen (secondary N) is 1. The van der Waals surface area contributed by atoms with Crippen molar-refractivity contribution in [1.29, 1.82) is 0 Å². The first-order valence-electron chi connectivity index (χ1n) is 12.8. The number of aromatic carboxylic acids is 1. The van der Waals surface area contributed by atoms with Crippen LogP contribution in [0.2, 0.25) is 0 Å². The topological polar surface area (TPSA) is 83.9 Å². The fourth-order valence-corrected chi connectivity index (χ4v) is 4.57. The van der Waals surface area contributed by atoms with Gasteiger partial charge in [-0.2, -0.15) is 0 Å². The van der Waals surface area contributed by atoms with Crippen molar-refractivity contribution in [3.05, 3.63) is 119 Å². The summed E-state index contributed by atoms with van der Waals surface area (Å²) in [5, 5.41) is 12.6. The van der Waals surface area contributed by atoms with Crippen LogP contribution in [0.1, 0.15) is 32.6 Å². The van der Waals surface area contributed by atoms with Gasteiger partial charge in [-0.25, -0.2) is 9.78 Å². The predicted molar refractivity (Wildman–Crippen MR) is 147 cm³/mol. The molecule has 0 saturated carbocycles. The number of ether oxygens (including phenoxy) is 2. The average Bonchev–Trinajstić information content (AvgIpc) is 2.92. The largest absolute Gasteiger partial charge is 0.491 e. The molecular weight excluding hydrogens is 478 g/mol. The van der Waals surface area contributed by atoms with E-state index in [1.807, 2.05) is 42.5 Å². The molecule has 0 saturated heterocycles. The van der Waals surface area contributed by atoms with Crippen LogP contribution in [0.15, 0.2) is 91.1 Å². The predicted octanol–water partition coefficient (Wildman–Crippen LogP) is 5.53. The lowest BCUT2D eigenvalue weighted by Crippen LogP contribution is -2.27. The molecule has 0 aliphatic carbocycles. The molecule has 0 atom stereocenters. The third-order valence-corrected chi connectivity index (χ3v) is 6.43. The van der Waals surface area contributed by atoms with Gasteiger partial charge in [-0.05, 0) is 59.2 Å². The summed E-state index contributed by atoms with van der Waals surface area (Å²) in [6.45, 7) is 3.77. The minimum Gasteiger partial charge on any atom is -0.491 e. The lowest BCUT2D eigenvalue weighted by molar-refractivity contribution is 0.0697. The number of benzene rings is 3. The Morgan fingerprint density at radius 3 is 2.61 bits per heavy atom. The van der Waals surface area contributed by atoms with Gasteiger partial charge in [0.1, 0.15) is 18.2 Å². The van der Waals surface area contributed by atoms with Crippen LogP contribution in [0.4, 0.5) is 11.5 Å². The Labute approximate surface area is 222 Å². The molecule has 0 fully saturated rings. The van der Waals surface area contributed by atoms with E-state index in [2.05, 4.69) is 45.5 Å². The van der Waals surface area contributed by atoms with Crippen molar-refractivity contribution in [2.24, 2.45) is 0 Å². The zero-order chi connectivity index (χ0) is 26.2. The molecule has 0 amide bonds. The first-order valence-corrected chi connectivity index (χ1v) is 12.8. The molecule has 2 N–H and O–H groups in total. The molecule has 1 aromatic heterocycles. The van der Waals surface area contributed by atoms with Crippen LogP contribution in [0.3, 0.4) is 0 Å². The van der Waals surface area contributed by atoms with Crippen LogP contribution in [0, 0.1) is 0 Å². The second-order valence-corrected chi connectivity index (χ2v) is 9.33. The summed E-state index contributed by atoms with van der Waals surface area (Å²) in [7, 11) is 0. The molecule has 0 radical (unpaired) electrons. The van der Waals surface area contributed by atoms with E-state index in [1.165, 1.54) is 11.1 Å². The van der Waals surface area contributed by atoms with Gasteiger partial charge in [-0.3, -0.25) is 4.90 Å². The quantitative estimate of drug-likeness (QED) is 0.366. The molecule has 38 heavy (non-hydrogen) atoms. The van der Waals surface area contributed by atoms with Gasteiger partial charge in [0.25, 0.3) is 0 Å². The van der Waals surface area contributed by atoms with E-state index in [-0.39, 0.29) is 0 Å². The number of carbonyl (C=O) groups is 1. The van der Waals surface area contributed by atoms with Gasteiger partial charge in [0, 0.05) is 43.5 Å². The molecular formula is C31H31N3O4. The Balaban J connectivity index is 1.36. The fraction of sp³-hybridized carbons (Fsp3) is 0.226. The van der Waals surface area contributed by atoms with Gasteiger partial charge >= 0.3 is 5.97 Å². The monoisotopic (exact) mass is 509 g/mol. The summed E-state index contributed by atoms with van der Waals surface area (Å²) in [5.74, 6) is 0.736. The van der Waals surface area contributed by atoms with Crippen molar-refractivity contribution in [2.75, 3.05) is 31.7 Å². The van der Waals surface area contributed by atoms with Crippen molar-refractivity contribution in [1.82, 2.24) is 9.88 Å². The smallest absolute Gasteiger partial charge is 0.335 e. The van der Waals surface area contributed by atoms with Gasteiger partial charge < -0.3 is 19.9 Å². The molecule has 3 aromatic carbocycles. The highest BCUT2D eigenvalue weighted by Crippen LogP contribution is 2.28. The van der Waals surface area contributed by atoms with E-state index in [9.17, 15) is 9.90 Å². The zero-order valence-electron chi connectivity index (χ0n) is 21.2. The number of aromatic nitrogens is 1. The molecule has 194 valence electrons. The Morgan fingerprint density at radius 2 is 1.79 bits per heavy atom. The maximum absolute atomic E-state index is 11.2. The number of anilines is 2. The van der Waals surface area contributed by atoms with Crippen LogP contribution in [-0.2, 0) is 24.2 Å². The maximum Gasteiger partial charge on any atom is 0.335 e. The van der Waals surface area contributed by atoms with Crippen LogP contribution in [0.5, 0.6) is 5.75 Å². The number of fused-ring (bicyclic) bond motifs is 3.